The van der Waals surface area contributed by atoms with Gasteiger partial charge in [0.15, 0.2) is 0 Å². The Morgan fingerprint density at radius 3 is 2.93 bits per heavy atom. The minimum Gasteiger partial charge on any atom is -0.351 e. The molecule has 1 heterocycles. The molecule has 0 aliphatic carbocycles. The molecule has 0 aliphatic heterocycles. The van der Waals surface area contributed by atoms with Gasteiger partial charge < -0.3 is 5.32 Å². The Morgan fingerprint density at radius 2 is 2.36 bits per heavy atom. The molecule has 0 aliphatic rings. The second-order valence-corrected chi connectivity index (χ2v) is 2.98. The number of halogens is 1. The number of hydrogen-bond acceptors (Lipinski definition) is 3. The Bertz CT molecular complexity index is 343. The van der Waals surface area contributed by atoms with Crippen molar-refractivity contribution in [1.82, 2.24) is 15.5 Å². The Labute approximate surface area is 85.5 Å². The number of carbonyl (C=O) groups excluding carboxylic acids is 1. The van der Waals surface area contributed by atoms with E-state index in [1.54, 1.807) is 0 Å². The molecule has 0 fully saturated rings. The van der Waals surface area contributed by atoms with Gasteiger partial charge in [0.1, 0.15) is 5.69 Å². The number of hydrogen-bond donors (Lipinski definition) is 2. The second kappa shape index (κ2) is 5.39. The minimum absolute atomic E-state index is 0.194. The molecule has 0 unspecified atom stereocenters. The Balaban J connectivity index is 2.52. The van der Waals surface area contributed by atoms with Crippen LogP contribution in [-0.2, 0) is 0 Å². The first-order valence-corrected chi connectivity index (χ1v) is 4.67. The van der Waals surface area contributed by atoms with Crippen LogP contribution in [0.25, 0.3) is 0 Å². The maximum Gasteiger partial charge on any atom is 0.271 e. The van der Waals surface area contributed by atoms with Gasteiger partial charge in [-0.3, -0.25) is 9.59 Å². The van der Waals surface area contributed by atoms with Crippen LogP contribution in [0.2, 0.25) is 0 Å². The lowest BCUT2D eigenvalue weighted by molar-refractivity contribution is 0.0947. The van der Waals surface area contributed by atoms with Gasteiger partial charge in [0.05, 0.1) is 0 Å². The lowest BCUT2D eigenvalue weighted by atomic mass is 10.3. The molecule has 0 aromatic carbocycles. The summed E-state index contributed by atoms with van der Waals surface area (Å²) >= 11 is 5.44. The molecule has 1 aromatic heterocycles. The molecule has 0 saturated heterocycles. The molecule has 1 aromatic rings. The fourth-order valence-corrected chi connectivity index (χ4v) is 0.964. The van der Waals surface area contributed by atoms with Gasteiger partial charge in [-0.1, -0.05) is 0 Å². The Kier molecular flexibility index (Phi) is 4.12. The number of H-pyrrole nitrogens is 1. The van der Waals surface area contributed by atoms with Crippen LogP contribution in [-0.4, -0.2) is 28.5 Å². The first-order valence-electron chi connectivity index (χ1n) is 4.14. The molecule has 2 N–H and O–H groups in total. The molecule has 0 radical (unpaired) electrons. The number of aromatic amines is 1. The highest BCUT2D eigenvalue weighted by atomic mass is 35.5. The van der Waals surface area contributed by atoms with Crippen molar-refractivity contribution < 1.29 is 4.79 Å². The highest BCUT2D eigenvalue weighted by Gasteiger charge is 2.05. The number of carbonyl (C=O) groups is 1. The predicted octanol–water partition coefficient (Wildman–Crippen LogP) is 0.129. The summed E-state index contributed by atoms with van der Waals surface area (Å²) in [5.74, 6) is 0.186. The first-order chi connectivity index (χ1) is 6.74. The van der Waals surface area contributed by atoms with Gasteiger partial charge in [0.2, 0.25) is 0 Å². The topological polar surface area (TPSA) is 74.8 Å². The van der Waals surface area contributed by atoms with Crippen LogP contribution >= 0.6 is 11.6 Å². The van der Waals surface area contributed by atoms with Crippen LogP contribution < -0.4 is 10.9 Å². The van der Waals surface area contributed by atoms with Crippen LogP contribution in [0.4, 0.5) is 0 Å². The third kappa shape index (κ3) is 3.18. The smallest absolute Gasteiger partial charge is 0.271 e. The number of nitrogens with one attached hydrogen (secondary N) is 2. The average molecular weight is 216 g/mol. The van der Waals surface area contributed by atoms with Crippen molar-refractivity contribution >= 4 is 17.5 Å². The van der Waals surface area contributed by atoms with Crippen molar-refractivity contribution in [2.75, 3.05) is 12.4 Å². The van der Waals surface area contributed by atoms with Crippen molar-refractivity contribution in [3.05, 3.63) is 28.2 Å². The van der Waals surface area contributed by atoms with E-state index in [2.05, 4.69) is 15.5 Å². The monoisotopic (exact) mass is 215 g/mol. The van der Waals surface area contributed by atoms with Crippen LogP contribution in [0.1, 0.15) is 16.9 Å². The summed E-state index contributed by atoms with van der Waals surface area (Å²) in [4.78, 5) is 21.9. The van der Waals surface area contributed by atoms with E-state index in [4.69, 9.17) is 11.6 Å². The van der Waals surface area contributed by atoms with E-state index < -0.39 is 0 Å². The van der Waals surface area contributed by atoms with Crippen LogP contribution in [0, 0.1) is 0 Å². The van der Waals surface area contributed by atoms with E-state index in [1.165, 1.54) is 12.1 Å². The molecule has 0 atom stereocenters. The van der Waals surface area contributed by atoms with E-state index >= 15 is 0 Å². The van der Waals surface area contributed by atoms with Gasteiger partial charge in [-0.05, 0) is 12.5 Å². The normalized spacial score (nSPS) is 9.79. The van der Waals surface area contributed by atoms with E-state index in [0.717, 1.165) is 0 Å². The summed E-state index contributed by atoms with van der Waals surface area (Å²) in [6, 6.07) is 2.62. The lowest BCUT2D eigenvalue weighted by Crippen LogP contribution is -2.26. The zero-order valence-electron chi connectivity index (χ0n) is 7.42. The van der Waals surface area contributed by atoms with Gasteiger partial charge >= 0.3 is 0 Å². The zero-order chi connectivity index (χ0) is 10.4. The second-order valence-electron chi connectivity index (χ2n) is 2.60. The van der Waals surface area contributed by atoms with Crippen LogP contribution in [0.5, 0.6) is 0 Å². The predicted molar refractivity (Wildman–Crippen MR) is 52.5 cm³/mol. The Hall–Kier alpha value is -1.36. The minimum atomic E-state index is -0.331. The van der Waals surface area contributed by atoms with E-state index in [9.17, 15) is 9.59 Å². The standard InChI is InChI=1S/C8H10ClN3O2/c9-4-1-5-10-8(14)6-2-3-7(13)12-11-6/h2-3H,1,4-5H2,(H,10,14)(H,12,13). The summed E-state index contributed by atoms with van der Waals surface area (Å²) in [6.45, 7) is 0.503. The molecule has 0 spiro atoms. The summed E-state index contributed by atoms with van der Waals surface area (Å²) in [6.07, 6.45) is 0.705. The molecule has 1 rings (SSSR count). The molecule has 0 saturated carbocycles. The average Bonchev–Trinajstić information content (AvgIpc) is 2.19. The Morgan fingerprint density at radius 1 is 1.57 bits per heavy atom. The third-order valence-corrected chi connectivity index (χ3v) is 1.77. The van der Waals surface area contributed by atoms with Gasteiger partial charge in [0, 0.05) is 18.5 Å². The highest BCUT2D eigenvalue weighted by Crippen LogP contribution is 1.89. The van der Waals surface area contributed by atoms with Crippen molar-refractivity contribution in [3.63, 3.8) is 0 Å². The molecular formula is C8H10ClN3O2. The highest BCUT2D eigenvalue weighted by molar-refractivity contribution is 6.17. The summed E-state index contributed by atoms with van der Waals surface area (Å²) < 4.78 is 0. The van der Waals surface area contributed by atoms with Crippen molar-refractivity contribution in [3.8, 4) is 0 Å². The fourth-order valence-electron chi connectivity index (χ4n) is 0.830. The van der Waals surface area contributed by atoms with Gasteiger partial charge in [-0.15, -0.1) is 11.6 Å². The third-order valence-electron chi connectivity index (χ3n) is 1.51. The number of amides is 1. The van der Waals surface area contributed by atoms with E-state index in [0.29, 0.717) is 18.8 Å². The molecule has 5 nitrogen and oxygen atoms in total. The molecular weight excluding hydrogens is 206 g/mol. The van der Waals surface area contributed by atoms with Crippen molar-refractivity contribution in [2.45, 2.75) is 6.42 Å². The van der Waals surface area contributed by atoms with Gasteiger partial charge in [-0.25, -0.2) is 5.10 Å². The lowest BCUT2D eigenvalue weighted by Gasteiger charge is -2.01. The maximum atomic E-state index is 11.3. The zero-order valence-corrected chi connectivity index (χ0v) is 8.17. The molecule has 0 bridgehead atoms. The number of aromatic nitrogens is 2. The summed E-state index contributed by atoms with van der Waals surface area (Å²) in [7, 11) is 0. The fraction of sp³-hybridized carbons (Fsp3) is 0.375. The SMILES string of the molecule is O=C(NCCCCl)c1ccc(=O)[nH]n1. The molecule has 76 valence electrons. The first kappa shape index (κ1) is 10.7. The van der Waals surface area contributed by atoms with E-state index in [1.807, 2.05) is 0 Å². The summed E-state index contributed by atoms with van der Waals surface area (Å²) in [5.41, 5.74) is -0.138. The number of alkyl halides is 1. The maximum absolute atomic E-state index is 11.3. The molecule has 1 amide bonds. The van der Waals surface area contributed by atoms with Gasteiger partial charge in [0.25, 0.3) is 11.5 Å². The van der Waals surface area contributed by atoms with Crippen LogP contribution in [0.15, 0.2) is 16.9 Å². The largest absolute Gasteiger partial charge is 0.351 e. The van der Waals surface area contributed by atoms with Crippen molar-refractivity contribution in [1.29, 1.82) is 0 Å². The van der Waals surface area contributed by atoms with Crippen molar-refractivity contribution in [2.24, 2.45) is 0 Å². The van der Waals surface area contributed by atoms with Crippen LogP contribution in [0.3, 0.4) is 0 Å². The number of rotatable bonds is 4. The number of nitrogens with zero attached hydrogens (tertiary/aromatic N) is 1. The molecule has 14 heavy (non-hydrogen) atoms. The van der Waals surface area contributed by atoms with Gasteiger partial charge in [-0.2, -0.15) is 5.10 Å². The van der Waals surface area contributed by atoms with E-state index in [-0.39, 0.29) is 17.2 Å². The summed E-state index contributed by atoms with van der Waals surface area (Å²) in [5, 5.41) is 8.36. The quantitative estimate of drug-likeness (QED) is 0.554. The molecule has 6 heteroatoms.